The van der Waals surface area contributed by atoms with E-state index in [0.717, 1.165) is 18.4 Å². The van der Waals surface area contributed by atoms with Gasteiger partial charge in [-0.25, -0.2) is 14.0 Å². The van der Waals surface area contributed by atoms with E-state index in [4.69, 9.17) is 27.9 Å². The zero-order valence-corrected chi connectivity index (χ0v) is 24.0. The maximum atomic E-state index is 15.9. The number of ether oxygens (including phenoxy) is 1. The first-order valence-corrected chi connectivity index (χ1v) is 14.3. The van der Waals surface area contributed by atoms with Gasteiger partial charge >= 0.3 is 12.0 Å². The van der Waals surface area contributed by atoms with Gasteiger partial charge in [0, 0.05) is 17.1 Å². The smallest absolute Gasteiger partial charge is 0.446 e. The highest BCUT2D eigenvalue weighted by molar-refractivity contribution is 6.31. The molecule has 1 saturated heterocycles. The summed E-state index contributed by atoms with van der Waals surface area (Å²) in [5.74, 6) is -0.950. The van der Waals surface area contributed by atoms with Crippen molar-refractivity contribution in [2.24, 2.45) is 5.92 Å². The molecule has 0 aromatic heterocycles. The minimum Gasteiger partial charge on any atom is -0.496 e. The number of carbonyl (C=O) groups is 2. The molecule has 0 radical (unpaired) electrons. The van der Waals surface area contributed by atoms with Crippen LogP contribution in [0.25, 0.3) is 0 Å². The van der Waals surface area contributed by atoms with Crippen LogP contribution >= 0.6 is 23.2 Å². The van der Waals surface area contributed by atoms with Gasteiger partial charge in [0.2, 0.25) is 0 Å². The Balaban J connectivity index is 1.48. The molecule has 11 heteroatoms. The van der Waals surface area contributed by atoms with E-state index in [9.17, 15) is 14.7 Å². The quantitative estimate of drug-likeness (QED) is 0.247. The maximum Gasteiger partial charge on any atom is 0.446 e. The molecular weight excluding hydrogens is 570 g/mol. The van der Waals surface area contributed by atoms with Gasteiger partial charge in [-0.2, -0.15) is 0 Å². The molecule has 8 nitrogen and oxygen atoms in total. The van der Waals surface area contributed by atoms with Crippen molar-refractivity contribution in [3.8, 4) is 5.75 Å². The summed E-state index contributed by atoms with van der Waals surface area (Å²) in [7, 11) is 1.43. The third kappa shape index (κ3) is 4.66. The van der Waals surface area contributed by atoms with Crippen LogP contribution in [0.4, 0.5) is 20.6 Å². The van der Waals surface area contributed by atoms with Crippen LogP contribution in [0, 0.1) is 11.7 Å². The number of benzene rings is 3. The Morgan fingerprint density at radius 1 is 1.22 bits per heavy atom. The van der Waals surface area contributed by atoms with Crippen LogP contribution < -0.4 is 20.0 Å². The van der Waals surface area contributed by atoms with E-state index in [2.05, 4.69) is 15.6 Å². The summed E-state index contributed by atoms with van der Waals surface area (Å²) in [5, 5.41) is 18.8. The highest BCUT2D eigenvalue weighted by atomic mass is 35.5. The van der Waals surface area contributed by atoms with Crippen molar-refractivity contribution in [2.75, 3.05) is 25.5 Å². The molecule has 4 atom stereocenters. The van der Waals surface area contributed by atoms with Crippen molar-refractivity contribution >= 4 is 46.6 Å². The molecule has 2 heterocycles. The molecule has 41 heavy (non-hydrogen) atoms. The fraction of sp³-hybridized carbons (Fsp3) is 0.333. The summed E-state index contributed by atoms with van der Waals surface area (Å²) >= 11 is 12.6. The zero-order valence-electron chi connectivity index (χ0n) is 22.5. The van der Waals surface area contributed by atoms with E-state index in [1.165, 1.54) is 19.2 Å². The predicted molar refractivity (Wildman–Crippen MR) is 156 cm³/mol. The summed E-state index contributed by atoms with van der Waals surface area (Å²) in [6.07, 6.45) is 2.15. The second-order valence-corrected chi connectivity index (χ2v) is 11.8. The lowest BCUT2D eigenvalue weighted by Gasteiger charge is -2.38. The number of hydrogen-bond acceptors (Lipinski definition) is 5. The number of anilines is 1. The molecule has 214 valence electrons. The van der Waals surface area contributed by atoms with Crippen LogP contribution in [0.3, 0.4) is 0 Å². The lowest BCUT2D eigenvalue weighted by molar-refractivity contribution is 0.0480. The molecule has 3 N–H and O–H groups in total. The summed E-state index contributed by atoms with van der Waals surface area (Å²) in [6, 6.07) is 13.5. The molecule has 4 unspecified atom stereocenters. The van der Waals surface area contributed by atoms with Crippen LogP contribution in [0.2, 0.25) is 10.0 Å². The first-order valence-electron chi connectivity index (χ1n) is 13.5. The van der Waals surface area contributed by atoms with Crippen molar-refractivity contribution in [2.45, 2.75) is 37.9 Å². The van der Waals surface area contributed by atoms with Crippen LogP contribution in [0.15, 0.2) is 54.6 Å². The number of halogens is 3. The van der Waals surface area contributed by atoms with Crippen molar-refractivity contribution in [3.63, 3.8) is 0 Å². The number of amides is 2. The number of nitrogens with one attached hydrogen (secondary N) is 2. The average molecular weight is 600 g/mol. The summed E-state index contributed by atoms with van der Waals surface area (Å²) < 4.78 is 21.0. The first kappa shape index (κ1) is 27.9. The van der Waals surface area contributed by atoms with Crippen LogP contribution in [-0.4, -0.2) is 48.4 Å². The number of aromatic carboxylic acids is 1. The molecule has 3 aromatic carbocycles. The van der Waals surface area contributed by atoms with E-state index < -0.39 is 23.9 Å². The molecule has 1 spiro atoms. The van der Waals surface area contributed by atoms with E-state index >= 15 is 4.39 Å². The Bertz CT molecular complexity index is 1550. The topological polar surface area (TPSA) is 90.9 Å². The lowest BCUT2D eigenvalue weighted by Crippen LogP contribution is -2.62. The highest BCUT2D eigenvalue weighted by Gasteiger charge is 2.66. The minimum atomic E-state index is -1.08. The maximum absolute atomic E-state index is 15.9. The molecule has 2 fully saturated rings. The first-order chi connectivity index (χ1) is 19.6. The lowest BCUT2D eigenvalue weighted by atomic mass is 9.95. The third-order valence-electron chi connectivity index (χ3n) is 8.40. The number of hydrogen-bond donors (Lipinski definition) is 3. The number of quaternary nitrogens is 1. The van der Waals surface area contributed by atoms with Crippen molar-refractivity contribution in [1.82, 2.24) is 14.9 Å². The Morgan fingerprint density at radius 3 is 2.71 bits per heavy atom. The number of carboxylic acid groups (broad SMARTS) is 1. The van der Waals surface area contributed by atoms with Gasteiger partial charge in [-0.1, -0.05) is 35.3 Å². The van der Waals surface area contributed by atoms with E-state index in [-0.39, 0.29) is 33.0 Å². The minimum absolute atomic E-state index is 0.0157. The number of nitrogens with zero attached hydrogens (tertiary/aromatic N) is 2. The Morgan fingerprint density at radius 2 is 2.00 bits per heavy atom. The second-order valence-electron chi connectivity index (χ2n) is 10.9. The van der Waals surface area contributed by atoms with Crippen molar-refractivity contribution < 1.29 is 23.8 Å². The molecule has 1 aliphatic carbocycles. The van der Waals surface area contributed by atoms with E-state index in [1.807, 2.05) is 13.0 Å². The fourth-order valence-electron chi connectivity index (χ4n) is 6.35. The zero-order chi connectivity index (χ0) is 29.1. The Labute approximate surface area is 247 Å². The van der Waals surface area contributed by atoms with Crippen LogP contribution in [-0.2, 0) is 0 Å². The molecule has 6 rings (SSSR count). The van der Waals surface area contributed by atoms with Gasteiger partial charge in [0.25, 0.3) is 0 Å². The summed E-state index contributed by atoms with van der Waals surface area (Å²) in [4.78, 5) is 25.8. The van der Waals surface area contributed by atoms with Crippen molar-refractivity contribution in [1.29, 1.82) is 0 Å². The van der Waals surface area contributed by atoms with Gasteiger partial charge in [0.05, 0.1) is 36.8 Å². The monoisotopic (exact) mass is 599 g/mol. The van der Waals surface area contributed by atoms with Crippen molar-refractivity contribution in [3.05, 3.63) is 87.2 Å². The van der Waals surface area contributed by atoms with Crippen LogP contribution in [0.5, 0.6) is 5.75 Å². The number of carboxylic acids is 1. The average Bonchev–Trinajstić information content (AvgIpc) is 3.65. The summed E-state index contributed by atoms with van der Waals surface area (Å²) in [5.41, 5.74) is 2.49. The molecule has 1 saturated carbocycles. The number of fused-ring (bicyclic) bond motifs is 2. The van der Waals surface area contributed by atoms with E-state index in [0.29, 0.717) is 41.0 Å². The molecule has 2 amide bonds. The number of methoxy groups -OCH3 is 1. The fourth-order valence-corrected chi connectivity index (χ4v) is 6.70. The van der Waals surface area contributed by atoms with E-state index in [1.54, 1.807) is 36.4 Å². The summed E-state index contributed by atoms with van der Waals surface area (Å²) in [6.45, 7) is 3.07. The third-order valence-corrected chi connectivity index (χ3v) is 8.93. The number of urea groups is 1. The van der Waals surface area contributed by atoms with Gasteiger partial charge in [0.1, 0.15) is 17.0 Å². The number of carbonyl (C=O) groups excluding carboxylic acids is 1. The predicted octanol–water partition coefficient (Wildman–Crippen LogP) is 6.79. The second kappa shape index (κ2) is 10.6. The van der Waals surface area contributed by atoms with Gasteiger partial charge in [-0.3, -0.25) is 5.32 Å². The normalized spacial score (nSPS) is 24.4. The number of rotatable bonds is 8. The highest BCUT2D eigenvalue weighted by Crippen LogP contribution is 2.54. The molecule has 3 aliphatic rings. The molecule has 0 bridgehead atoms. The SMILES string of the molecule is COc1cc(C(C)NC2CN(CC3CC3)[N+]3(C(=O)Nc4cc(Cl)ccc43)C2c2cccc(Cl)c2F)ccc1C(=O)O. The standard InChI is InChI=1S/C30H29Cl2FN4O4/c1-16(18-8-10-20(29(38)39)26(12-18)41-2)34-24-15-36(14-17-6-7-17)37(28(24)21-4-3-5-22(32)27(21)33)25-11-9-19(31)13-23(25)35-30(37)40/h3-5,8-13,16-17,24,28,34H,6-7,14-15H2,1-2H3,(H-,35,38,39,40)/p+1. The Kier molecular flexibility index (Phi) is 7.20. The largest absolute Gasteiger partial charge is 0.496 e. The van der Waals surface area contributed by atoms with Gasteiger partial charge < -0.3 is 15.2 Å². The van der Waals surface area contributed by atoms with Crippen LogP contribution in [0.1, 0.15) is 53.3 Å². The molecular formula is C30H30Cl2FN4O4+. The van der Waals surface area contributed by atoms with Gasteiger partial charge in [-0.15, -0.1) is 9.60 Å². The molecule has 2 aliphatic heterocycles. The van der Waals surface area contributed by atoms with Gasteiger partial charge in [0.15, 0.2) is 17.5 Å². The van der Waals surface area contributed by atoms with Gasteiger partial charge in [-0.05, 0) is 67.6 Å². The molecule has 3 aromatic rings. The Hall–Kier alpha value is -3.21.